The predicted octanol–water partition coefficient (Wildman–Crippen LogP) is 4.70. The van der Waals surface area contributed by atoms with Crippen LogP contribution in [0.3, 0.4) is 0 Å². The zero-order chi connectivity index (χ0) is 24.2. The molecule has 0 bridgehead atoms. The van der Waals surface area contributed by atoms with Gasteiger partial charge in [0.25, 0.3) is 5.91 Å². The molecule has 3 aromatic carbocycles. The van der Waals surface area contributed by atoms with Crippen LogP contribution in [0.15, 0.2) is 72.9 Å². The standard InChI is InChI=1S/C28H29N5O2/c1-32-14-3-15-33(17-16-32)27-19-29-26-18-23(10-13-25(26)31-27)30-28(34)22-6-4-20(5-7-22)21-8-11-24(35-2)12-9-21/h4-13,18-19H,3,14-17H2,1-2H3,(H,30,34). The summed E-state index contributed by atoms with van der Waals surface area (Å²) < 4.78 is 5.22. The molecule has 1 aliphatic heterocycles. The second-order valence-corrected chi connectivity index (χ2v) is 8.84. The lowest BCUT2D eigenvalue weighted by atomic mass is 10.0. The Morgan fingerprint density at radius 1 is 0.886 bits per heavy atom. The first-order valence-electron chi connectivity index (χ1n) is 11.9. The molecular formula is C28H29N5O2. The Morgan fingerprint density at radius 2 is 1.63 bits per heavy atom. The highest BCUT2D eigenvalue weighted by atomic mass is 16.5. The molecule has 5 rings (SSSR count). The number of carbonyl (C=O) groups is 1. The number of hydrogen-bond acceptors (Lipinski definition) is 6. The van der Waals surface area contributed by atoms with Gasteiger partial charge in [0.05, 0.1) is 24.3 Å². The van der Waals surface area contributed by atoms with Gasteiger partial charge in [-0.2, -0.15) is 0 Å². The molecule has 0 spiro atoms. The van der Waals surface area contributed by atoms with Crippen LogP contribution < -0.4 is 15.0 Å². The average molecular weight is 468 g/mol. The summed E-state index contributed by atoms with van der Waals surface area (Å²) in [6.07, 6.45) is 2.94. The molecule has 1 aromatic heterocycles. The number of fused-ring (bicyclic) bond motifs is 1. The van der Waals surface area contributed by atoms with Crippen molar-refractivity contribution in [2.75, 3.05) is 50.6 Å². The number of hydrogen-bond donors (Lipinski definition) is 1. The fourth-order valence-corrected chi connectivity index (χ4v) is 4.31. The summed E-state index contributed by atoms with van der Waals surface area (Å²) in [6, 6.07) is 21.1. The number of methoxy groups -OCH3 is 1. The monoisotopic (exact) mass is 467 g/mol. The highest BCUT2D eigenvalue weighted by molar-refractivity contribution is 6.05. The van der Waals surface area contributed by atoms with E-state index in [1.807, 2.05) is 72.9 Å². The maximum absolute atomic E-state index is 12.8. The lowest BCUT2D eigenvalue weighted by Crippen LogP contribution is -2.29. The van der Waals surface area contributed by atoms with E-state index in [-0.39, 0.29) is 5.91 Å². The molecule has 0 aliphatic carbocycles. The minimum absolute atomic E-state index is 0.163. The molecule has 0 radical (unpaired) electrons. The molecule has 178 valence electrons. The number of amides is 1. The molecule has 0 atom stereocenters. The van der Waals surface area contributed by atoms with Gasteiger partial charge >= 0.3 is 0 Å². The molecule has 2 heterocycles. The van der Waals surface area contributed by atoms with Crippen molar-refractivity contribution in [2.45, 2.75) is 6.42 Å². The van der Waals surface area contributed by atoms with E-state index in [2.05, 4.69) is 27.1 Å². The van der Waals surface area contributed by atoms with Gasteiger partial charge in [0.1, 0.15) is 11.6 Å². The Morgan fingerprint density at radius 3 is 2.37 bits per heavy atom. The number of aromatic nitrogens is 2. The van der Waals surface area contributed by atoms with E-state index < -0.39 is 0 Å². The molecule has 1 amide bonds. The smallest absolute Gasteiger partial charge is 0.255 e. The SMILES string of the molecule is COc1ccc(-c2ccc(C(=O)Nc3ccc4nc(N5CCCN(C)CC5)cnc4c3)cc2)cc1. The second-order valence-electron chi connectivity index (χ2n) is 8.84. The van der Waals surface area contributed by atoms with Gasteiger partial charge in [0.2, 0.25) is 0 Å². The number of carbonyl (C=O) groups excluding carboxylic acids is 1. The summed E-state index contributed by atoms with van der Waals surface area (Å²) in [5, 5.41) is 2.98. The number of ether oxygens (including phenoxy) is 1. The van der Waals surface area contributed by atoms with Gasteiger partial charge in [-0.3, -0.25) is 9.78 Å². The van der Waals surface area contributed by atoms with Crippen LogP contribution in [0.5, 0.6) is 5.75 Å². The van der Waals surface area contributed by atoms with Gasteiger partial charge < -0.3 is 19.9 Å². The van der Waals surface area contributed by atoms with Crippen molar-refractivity contribution in [3.63, 3.8) is 0 Å². The Labute approximate surface area is 205 Å². The quantitative estimate of drug-likeness (QED) is 0.459. The van der Waals surface area contributed by atoms with E-state index in [0.717, 1.165) is 66.3 Å². The van der Waals surface area contributed by atoms with Crippen molar-refractivity contribution >= 4 is 28.4 Å². The van der Waals surface area contributed by atoms with E-state index in [0.29, 0.717) is 11.3 Å². The van der Waals surface area contributed by atoms with Crippen LogP contribution in [0.2, 0.25) is 0 Å². The second kappa shape index (κ2) is 10.1. The lowest BCUT2D eigenvalue weighted by Gasteiger charge is -2.21. The first kappa shape index (κ1) is 22.8. The zero-order valence-electron chi connectivity index (χ0n) is 20.1. The van der Waals surface area contributed by atoms with Crippen molar-refractivity contribution in [3.8, 4) is 16.9 Å². The molecular weight excluding hydrogens is 438 g/mol. The number of nitrogens with one attached hydrogen (secondary N) is 1. The third kappa shape index (κ3) is 5.25. The maximum atomic E-state index is 12.8. The third-order valence-electron chi connectivity index (χ3n) is 6.40. The van der Waals surface area contributed by atoms with Crippen LogP contribution in [-0.2, 0) is 0 Å². The number of likely N-dealkylation sites (N-methyl/N-ethyl adjacent to an activating group) is 1. The third-order valence-corrected chi connectivity index (χ3v) is 6.40. The fraction of sp³-hybridized carbons (Fsp3) is 0.250. The van der Waals surface area contributed by atoms with Crippen molar-refractivity contribution < 1.29 is 9.53 Å². The molecule has 1 aliphatic rings. The van der Waals surface area contributed by atoms with Crippen LogP contribution in [0, 0.1) is 0 Å². The Bertz CT molecular complexity index is 1320. The summed E-state index contributed by atoms with van der Waals surface area (Å²) in [7, 11) is 3.80. The highest BCUT2D eigenvalue weighted by Crippen LogP contribution is 2.24. The molecule has 4 aromatic rings. The maximum Gasteiger partial charge on any atom is 0.255 e. The first-order chi connectivity index (χ1) is 17.1. The average Bonchev–Trinajstić information content (AvgIpc) is 3.13. The van der Waals surface area contributed by atoms with Crippen LogP contribution >= 0.6 is 0 Å². The summed E-state index contributed by atoms with van der Waals surface area (Å²) in [6.45, 7) is 4.05. The largest absolute Gasteiger partial charge is 0.497 e. The van der Waals surface area contributed by atoms with Crippen LogP contribution in [0.4, 0.5) is 11.5 Å². The summed E-state index contributed by atoms with van der Waals surface area (Å²) in [5.41, 5.74) is 4.97. The predicted molar refractivity (Wildman–Crippen MR) is 140 cm³/mol. The van der Waals surface area contributed by atoms with Crippen LogP contribution in [-0.4, -0.2) is 61.1 Å². The van der Waals surface area contributed by atoms with Crippen LogP contribution in [0.1, 0.15) is 16.8 Å². The Kier molecular flexibility index (Phi) is 6.59. The molecule has 7 nitrogen and oxygen atoms in total. The van der Waals surface area contributed by atoms with E-state index in [1.165, 1.54) is 0 Å². The molecule has 0 unspecified atom stereocenters. The molecule has 7 heteroatoms. The molecule has 0 saturated carbocycles. The minimum atomic E-state index is -0.163. The Hall–Kier alpha value is -3.97. The topological polar surface area (TPSA) is 70.6 Å². The fourth-order valence-electron chi connectivity index (χ4n) is 4.31. The van der Waals surface area contributed by atoms with Gasteiger partial charge in [-0.1, -0.05) is 24.3 Å². The van der Waals surface area contributed by atoms with Gasteiger partial charge in [0.15, 0.2) is 0 Å². The normalized spacial score (nSPS) is 14.5. The lowest BCUT2D eigenvalue weighted by molar-refractivity contribution is 0.102. The van der Waals surface area contributed by atoms with Gasteiger partial charge in [-0.25, -0.2) is 4.98 Å². The molecule has 1 fully saturated rings. The first-order valence-corrected chi connectivity index (χ1v) is 11.9. The number of anilines is 2. The van der Waals surface area contributed by atoms with E-state index >= 15 is 0 Å². The summed E-state index contributed by atoms with van der Waals surface area (Å²) >= 11 is 0. The van der Waals surface area contributed by atoms with Crippen LogP contribution in [0.25, 0.3) is 22.2 Å². The Balaban J connectivity index is 1.27. The number of benzene rings is 3. The van der Waals surface area contributed by atoms with Crippen molar-refractivity contribution in [1.82, 2.24) is 14.9 Å². The number of rotatable bonds is 5. The van der Waals surface area contributed by atoms with Crippen molar-refractivity contribution in [3.05, 3.63) is 78.5 Å². The summed E-state index contributed by atoms with van der Waals surface area (Å²) in [4.78, 5) is 26.9. The van der Waals surface area contributed by atoms with Gasteiger partial charge in [-0.05, 0) is 73.6 Å². The van der Waals surface area contributed by atoms with E-state index in [4.69, 9.17) is 9.72 Å². The van der Waals surface area contributed by atoms with Gasteiger partial charge in [0, 0.05) is 30.9 Å². The van der Waals surface area contributed by atoms with E-state index in [9.17, 15) is 4.79 Å². The highest BCUT2D eigenvalue weighted by Gasteiger charge is 2.15. The van der Waals surface area contributed by atoms with E-state index in [1.54, 1.807) is 7.11 Å². The minimum Gasteiger partial charge on any atom is -0.497 e. The van der Waals surface area contributed by atoms with Crippen molar-refractivity contribution in [2.24, 2.45) is 0 Å². The molecule has 1 saturated heterocycles. The molecule has 35 heavy (non-hydrogen) atoms. The van der Waals surface area contributed by atoms with Crippen molar-refractivity contribution in [1.29, 1.82) is 0 Å². The summed E-state index contributed by atoms with van der Waals surface area (Å²) in [5.74, 6) is 1.56. The van der Waals surface area contributed by atoms with Gasteiger partial charge in [-0.15, -0.1) is 0 Å². The number of nitrogens with zero attached hydrogens (tertiary/aromatic N) is 4. The zero-order valence-corrected chi connectivity index (χ0v) is 20.1. The molecule has 1 N–H and O–H groups in total.